The third-order valence-electron chi connectivity index (χ3n) is 5.24. The topological polar surface area (TPSA) is 95.5 Å². The second-order valence-electron chi connectivity index (χ2n) is 7.89. The van der Waals surface area contributed by atoms with Crippen LogP contribution < -0.4 is 10.6 Å². The molecule has 0 aliphatic carbocycles. The van der Waals surface area contributed by atoms with Gasteiger partial charge in [-0.25, -0.2) is 4.79 Å². The predicted octanol–water partition coefficient (Wildman–Crippen LogP) is 7.42. The van der Waals surface area contributed by atoms with Crippen LogP contribution in [0.5, 0.6) is 0 Å². The van der Waals surface area contributed by atoms with E-state index in [1.807, 2.05) is 36.4 Å². The summed E-state index contributed by atoms with van der Waals surface area (Å²) in [5.41, 5.74) is 1.95. The quantitative estimate of drug-likeness (QED) is 0.198. The summed E-state index contributed by atoms with van der Waals surface area (Å²) >= 11 is 13.2. The van der Waals surface area contributed by atoms with E-state index in [4.69, 9.17) is 23.2 Å². The first kappa shape index (κ1) is 26.3. The number of nitrogens with one attached hydrogen (secondary N) is 2. The third kappa shape index (κ3) is 6.92. The molecule has 1 atom stereocenters. The lowest BCUT2D eigenvalue weighted by Crippen LogP contribution is -2.19. The van der Waals surface area contributed by atoms with Crippen molar-refractivity contribution in [3.63, 3.8) is 0 Å². The Hall–Kier alpha value is -3.78. The Kier molecular flexibility index (Phi) is 8.50. The molecule has 0 saturated heterocycles. The van der Waals surface area contributed by atoms with Crippen molar-refractivity contribution in [1.29, 1.82) is 0 Å². The van der Waals surface area contributed by atoms with Crippen LogP contribution in [-0.4, -0.2) is 22.9 Å². The minimum absolute atomic E-state index is 0.0797. The Labute approximate surface area is 227 Å². The van der Waals surface area contributed by atoms with Crippen LogP contribution in [-0.2, 0) is 4.79 Å². The van der Waals surface area contributed by atoms with Crippen LogP contribution in [0.25, 0.3) is 0 Å². The Morgan fingerprint density at radius 2 is 1.49 bits per heavy atom. The van der Waals surface area contributed by atoms with Gasteiger partial charge in [-0.3, -0.25) is 9.59 Å². The number of hydrogen-bond donors (Lipinski definition) is 3. The van der Waals surface area contributed by atoms with Gasteiger partial charge in [0, 0.05) is 26.9 Å². The number of anilines is 2. The number of carboxylic acids is 1. The summed E-state index contributed by atoms with van der Waals surface area (Å²) in [6, 6.07) is 27.3. The molecule has 4 aromatic rings. The van der Waals surface area contributed by atoms with Crippen molar-refractivity contribution in [2.24, 2.45) is 0 Å². The second-order valence-corrected chi connectivity index (χ2v) is 9.91. The summed E-state index contributed by atoms with van der Waals surface area (Å²) in [4.78, 5) is 38.2. The number of thioether (sulfide) groups is 1. The van der Waals surface area contributed by atoms with E-state index in [2.05, 4.69) is 10.6 Å². The van der Waals surface area contributed by atoms with Gasteiger partial charge in [-0.15, -0.1) is 11.8 Å². The van der Waals surface area contributed by atoms with Crippen molar-refractivity contribution in [3.8, 4) is 0 Å². The highest BCUT2D eigenvalue weighted by Crippen LogP contribution is 2.37. The van der Waals surface area contributed by atoms with Crippen LogP contribution in [0, 0.1) is 0 Å². The first-order chi connectivity index (χ1) is 17.8. The summed E-state index contributed by atoms with van der Waals surface area (Å²) in [7, 11) is 0. The molecule has 0 aliphatic rings. The van der Waals surface area contributed by atoms with Crippen molar-refractivity contribution in [2.45, 2.75) is 10.1 Å². The number of carbonyl (C=O) groups is 3. The molecule has 0 bridgehead atoms. The Morgan fingerprint density at radius 1 is 0.757 bits per heavy atom. The Morgan fingerprint density at radius 3 is 2.22 bits per heavy atom. The minimum Gasteiger partial charge on any atom is -0.478 e. The molecule has 0 heterocycles. The van der Waals surface area contributed by atoms with Crippen LogP contribution in [0.1, 0.15) is 31.5 Å². The van der Waals surface area contributed by atoms with E-state index in [0.29, 0.717) is 22.0 Å². The molecule has 2 amide bonds. The van der Waals surface area contributed by atoms with Gasteiger partial charge >= 0.3 is 5.97 Å². The zero-order valence-electron chi connectivity index (χ0n) is 19.2. The maximum Gasteiger partial charge on any atom is 0.337 e. The highest BCUT2D eigenvalue weighted by molar-refractivity contribution is 8.00. The molecule has 186 valence electrons. The molecule has 37 heavy (non-hydrogen) atoms. The van der Waals surface area contributed by atoms with Gasteiger partial charge in [-0.05, 0) is 60.2 Å². The smallest absolute Gasteiger partial charge is 0.337 e. The largest absolute Gasteiger partial charge is 0.478 e. The lowest BCUT2D eigenvalue weighted by atomic mass is 10.1. The fraction of sp³-hybridized carbons (Fsp3) is 0.0357. The first-order valence-electron chi connectivity index (χ1n) is 11.0. The summed E-state index contributed by atoms with van der Waals surface area (Å²) in [5.74, 6) is -1.84. The molecule has 3 N–H and O–H groups in total. The van der Waals surface area contributed by atoms with Gasteiger partial charge in [0.25, 0.3) is 5.91 Å². The minimum atomic E-state index is -1.19. The maximum atomic E-state index is 13.4. The van der Waals surface area contributed by atoms with Gasteiger partial charge in [-0.2, -0.15) is 0 Å². The molecule has 0 fully saturated rings. The molecule has 0 aliphatic heterocycles. The number of carbonyl (C=O) groups excluding carboxylic acids is 2. The number of rotatable bonds is 8. The van der Waals surface area contributed by atoms with Gasteiger partial charge in [0.1, 0.15) is 5.25 Å². The number of aromatic carboxylic acids is 1. The Balaban J connectivity index is 1.56. The van der Waals surface area contributed by atoms with E-state index in [-0.39, 0.29) is 22.4 Å². The summed E-state index contributed by atoms with van der Waals surface area (Å²) < 4.78 is 0. The summed E-state index contributed by atoms with van der Waals surface area (Å²) in [6.07, 6.45) is 0. The van der Waals surface area contributed by atoms with E-state index in [0.717, 1.165) is 10.5 Å². The van der Waals surface area contributed by atoms with Crippen molar-refractivity contribution in [2.75, 3.05) is 10.6 Å². The molecule has 0 spiro atoms. The Bertz CT molecular complexity index is 1460. The average Bonchev–Trinajstić information content (AvgIpc) is 2.89. The molecule has 0 aromatic heterocycles. The third-order valence-corrected chi connectivity index (χ3v) is 7.05. The van der Waals surface area contributed by atoms with E-state index in [1.165, 1.54) is 23.9 Å². The molecule has 4 aromatic carbocycles. The average molecular weight is 551 g/mol. The summed E-state index contributed by atoms with van der Waals surface area (Å²) in [6.45, 7) is 0. The molecule has 0 radical (unpaired) electrons. The van der Waals surface area contributed by atoms with Gasteiger partial charge in [-0.1, -0.05) is 65.7 Å². The van der Waals surface area contributed by atoms with Crippen molar-refractivity contribution in [1.82, 2.24) is 0 Å². The van der Waals surface area contributed by atoms with Crippen LogP contribution in [0.3, 0.4) is 0 Å². The van der Waals surface area contributed by atoms with Crippen LogP contribution in [0.4, 0.5) is 11.4 Å². The fourth-order valence-corrected chi connectivity index (χ4v) is 4.96. The van der Waals surface area contributed by atoms with E-state index < -0.39 is 11.2 Å². The number of carboxylic acid groups (broad SMARTS) is 1. The zero-order chi connectivity index (χ0) is 26.4. The fourth-order valence-electron chi connectivity index (χ4n) is 3.49. The molecule has 9 heteroatoms. The van der Waals surface area contributed by atoms with Crippen molar-refractivity contribution < 1.29 is 19.5 Å². The summed E-state index contributed by atoms with van der Waals surface area (Å²) in [5, 5.41) is 14.9. The van der Waals surface area contributed by atoms with Crippen molar-refractivity contribution in [3.05, 3.63) is 124 Å². The molecular formula is C28H20Cl2N2O4S. The molecule has 6 nitrogen and oxygen atoms in total. The highest BCUT2D eigenvalue weighted by atomic mass is 35.5. The van der Waals surface area contributed by atoms with Gasteiger partial charge in [0.15, 0.2) is 0 Å². The SMILES string of the molecule is O=C(Nc1cccc(SC(C(=O)Nc2ccc(Cl)c(C(=O)O)c2)c2ccccc2)c1)c1cccc(Cl)c1. The van der Waals surface area contributed by atoms with Crippen molar-refractivity contribution >= 4 is 64.1 Å². The number of hydrogen-bond acceptors (Lipinski definition) is 4. The van der Waals surface area contributed by atoms with E-state index in [9.17, 15) is 19.5 Å². The van der Waals surface area contributed by atoms with Gasteiger partial charge < -0.3 is 15.7 Å². The highest BCUT2D eigenvalue weighted by Gasteiger charge is 2.23. The van der Waals surface area contributed by atoms with E-state index >= 15 is 0 Å². The predicted molar refractivity (Wildman–Crippen MR) is 148 cm³/mol. The molecule has 1 unspecified atom stereocenters. The standard InChI is InChI=1S/C28H20Cl2N2O4S/c29-19-9-4-8-18(14-19)26(33)31-20-10-5-11-22(15-20)37-25(17-6-2-1-3-7-17)27(34)32-21-12-13-24(30)23(16-21)28(35)36/h1-16,25H,(H,31,33)(H,32,34)(H,35,36). The number of benzene rings is 4. The van der Waals surface area contributed by atoms with Gasteiger partial charge in [0.2, 0.25) is 5.91 Å². The van der Waals surface area contributed by atoms with Crippen LogP contribution >= 0.6 is 35.0 Å². The van der Waals surface area contributed by atoms with Gasteiger partial charge in [0.05, 0.1) is 10.6 Å². The van der Waals surface area contributed by atoms with Crippen LogP contribution in [0.15, 0.2) is 102 Å². The molecule has 0 saturated carbocycles. The first-order valence-corrected chi connectivity index (χ1v) is 12.7. The number of amides is 2. The normalized spacial score (nSPS) is 11.4. The maximum absolute atomic E-state index is 13.4. The second kappa shape index (κ2) is 12.0. The van der Waals surface area contributed by atoms with E-state index in [1.54, 1.807) is 48.5 Å². The lowest BCUT2D eigenvalue weighted by Gasteiger charge is -2.18. The lowest BCUT2D eigenvalue weighted by molar-refractivity contribution is -0.115. The zero-order valence-corrected chi connectivity index (χ0v) is 21.5. The number of halogens is 2. The van der Waals surface area contributed by atoms with Crippen LogP contribution in [0.2, 0.25) is 10.0 Å². The molecular weight excluding hydrogens is 531 g/mol. The molecule has 4 rings (SSSR count). The monoisotopic (exact) mass is 550 g/mol.